The van der Waals surface area contributed by atoms with Crippen molar-refractivity contribution in [3.63, 3.8) is 0 Å². The molecule has 5 nitrogen and oxygen atoms in total. The van der Waals surface area contributed by atoms with Gasteiger partial charge in [-0.1, -0.05) is 12.8 Å². The highest BCUT2D eigenvalue weighted by Crippen LogP contribution is 2.03. The van der Waals surface area contributed by atoms with E-state index in [-0.39, 0.29) is 5.97 Å². The summed E-state index contributed by atoms with van der Waals surface area (Å²) in [6, 6.07) is 6.76. The molecule has 1 aromatic carbocycles. The standard InChI is InChI=1S/C9H19NO2.C7H7NO/c1-10-8-6-4-3-5-7-9(11)12-2;8-7-3-1-6(5-9)2-4-7/h10H,3-8H2,1-2H3;1-5H,8H2. The Balaban J connectivity index is 0.000000394. The van der Waals surface area contributed by atoms with Gasteiger partial charge in [-0.25, -0.2) is 0 Å². The van der Waals surface area contributed by atoms with E-state index in [2.05, 4.69) is 10.1 Å². The molecule has 0 heterocycles. The lowest BCUT2D eigenvalue weighted by Crippen LogP contribution is -2.07. The lowest BCUT2D eigenvalue weighted by molar-refractivity contribution is -0.140. The number of nitrogen functional groups attached to an aromatic ring is 1. The molecular formula is C16H26N2O3. The van der Waals surface area contributed by atoms with Gasteiger partial charge in [0.15, 0.2) is 0 Å². The lowest BCUT2D eigenvalue weighted by Gasteiger charge is -2.00. The first-order chi connectivity index (χ1) is 10.1. The van der Waals surface area contributed by atoms with Crippen molar-refractivity contribution >= 4 is 17.9 Å². The largest absolute Gasteiger partial charge is 0.469 e. The maximum absolute atomic E-state index is 10.7. The molecule has 0 spiro atoms. The summed E-state index contributed by atoms with van der Waals surface area (Å²) < 4.78 is 4.53. The molecule has 3 N–H and O–H groups in total. The zero-order chi connectivity index (χ0) is 15.9. The molecule has 0 unspecified atom stereocenters. The van der Waals surface area contributed by atoms with Crippen LogP contribution in [0.1, 0.15) is 42.5 Å². The van der Waals surface area contributed by atoms with Gasteiger partial charge in [-0.05, 0) is 50.7 Å². The van der Waals surface area contributed by atoms with Crippen LogP contribution in [0.25, 0.3) is 0 Å². The van der Waals surface area contributed by atoms with Crippen molar-refractivity contribution in [2.75, 3.05) is 26.4 Å². The molecule has 5 heteroatoms. The quantitative estimate of drug-likeness (QED) is 0.333. The summed E-state index contributed by atoms with van der Waals surface area (Å²) in [6.45, 7) is 1.07. The van der Waals surface area contributed by atoms with Crippen molar-refractivity contribution in [2.45, 2.75) is 32.1 Å². The van der Waals surface area contributed by atoms with E-state index in [1.807, 2.05) is 7.05 Å². The molecule has 0 aromatic heterocycles. The van der Waals surface area contributed by atoms with Crippen LogP contribution in [-0.4, -0.2) is 33.0 Å². The molecule has 0 aliphatic heterocycles. The van der Waals surface area contributed by atoms with Gasteiger partial charge in [0, 0.05) is 17.7 Å². The topological polar surface area (TPSA) is 81.4 Å². The fourth-order valence-electron chi connectivity index (χ4n) is 1.60. The van der Waals surface area contributed by atoms with Gasteiger partial charge in [0.1, 0.15) is 6.29 Å². The summed E-state index contributed by atoms with van der Waals surface area (Å²) in [7, 11) is 3.39. The molecule has 21 heavy (non-hydrogen) atoms. The first-order valence-electron chi connectivity index (χ1n) is 7.16. The monoisotopic (exact) mass is 294 g/mol. The van der Waals surface area contributed by atoms with E-state index < -0.39 is 0 Å². The summed E-state index contributed by atoms with van der Waals surface area (Å²) in [5.74, 6) is -0.0939. The molecular weight excluding hydrogens is 268 g/mol. The predicted octanol–water partition coefficient (Wildman–Crippen LogP) is 2.41. The normalized spacial score (nSPS) is 9.43. The SMILES string of the molecule is CNCCCCCCC(=O)OC.Nc1ccc(C=O)cc1. The van der Waals surface area contributed by atoms with Crippen LogP contribution in [0.2, 0.25) is 0 Å². The Hall–Kier alpha value is -1.88. The third kappa shape index (κ3) is 11.6. The van der Waals surface area contributed by atoms with Gasteiger partial charge in [0.25, 0.3) is 0 Å². The van der Waals surface area contributed by atoms with Crippen LogP contribution >= 0.6 is 0 Å². The number of rotatable bonds is 8. The van der Waals surface area contributed by atoms with Crippen LogP contribution in [0, 0.1) is 0 Å². The Labute approximate surface area is 126 Å². The highest BCUT2D eigenvalue weighted by Gasteiger charge is 1.98. The van der Waals surface area contributed by atoms with E-state index in [9.17, 15) is 9.59 Å². The second-order valence-electron chi connectivity index (χ2n) is 4.63. The smallest absolute Gasteiger partial charge is 0.305 e. The van der Waals surface area contributed by atoms with Crippen molar-refractivity contribution in [1.29, 1.82) is 0 Å². The van der Waals surface area contributed by atoms with Gasteiger partial charge in [-0.3, -0.25) is 9.59 Å². The molecule has 0 saturated heterocycles. The maximum atomic E-state index is 10.7. The van der Waals surface area contributed by atoms with Crippen molar-refractivity contribution in [1.82, 2.24) is 5.32 Å². The number of methoxy groups -OCH3 is 1. The number of nitrogens with one attached hydrogen (secondary N) is 1. The number of aldehydes is 1. The fraction of sp³-hybridized carbons (Fsp3) is 0.500. The lowest BCUT2D eigenvalue weighted by atomic mass is 10.1. The number of hydrogen-bond acceptors (Lipinski definition) is 5. The summed E-state index contributed by atoms with van der Waals surface area (Å²) in [6.07, 6.45) is 5.82. The van der Waals surface area contributed by atoms with Crippen LogP contribution < -0.4 is 11.1 Å². The van der Waals surface area contributed by atoms with Gasteiger partial charge >= 0.3 is 5.97 Å². The summed E-state index contributed by atoms with van der Waals surface area (Å²) >= 11 is 0. The minimum Gasteiger partial charge on any atom is -0.469 e. The first kappa shape index (κ1) is 19.1. The summed E-state index contributed by atoms with van der Waals surface area (Å²) in [5.41, 5.74) is 6.70. The third-order valence-electron chi connectivity index (χ3n) is 2.86. The van der Waals surface area contributed by atoms with E-state index in [1.165, 1.54) is 20.0 Å². The van der Waals surface area contributed by atoms with Crippen molar-refractivity contribution in [3.8, 4) is 0 Å². The average molecular weight is 294 g/mol. The molecule has 1 rings (SSSR count). The number of ether oxygens (including phenoxy) is 1. The summed E-state index contributed by atoms with van der Waals surface area (Å²) in [5, 5.41) is 3.09. The number of esters is 1. The van der Waals surface area contributed by atoms with Crippen LogP contribution in [-0.2, 0) is 9.53 Å². The van der Waals surface area contributed by atoms with Crippen molar-refractivity contribution in [2.24, 2.45) is 0 Å². The molecule has 0 aliphatic carbocycles. The Morgan fingerprint density at radius 1 is 1.19 bits per heavy atom. The van der Waals surface area contributed by atoms with Crippen molar-refractivity contribution in [3.05, 3.63) is 29.8 Å². The Bertz CT molecular complexity index is 391. The Morgan fingerprint density at radius 3 is 2.33 bits per heavy atom. The highest BCUT2D eigenvalue weighted by atomic mass is 16.5. The second-order valence-corrected chi connectivity index (χ2v) is 4.63. The molecule has 0 fully saturated rings. The minimum absolute atomic E-state index is 0.0939. The van der Waals surface area contributed by atoms with E-state index >= 15 is 0 Å². The van der Waals surface area contributed by atoms with Gasteiger partial charge in [0.2, 0.25) is 0 Å². The maximum Gasteiger partial charge on any atom is 0.305 e. The van der Waals surface area contributed by atoms with Gasteiger partial charge in [0.05, 0.1) is 7.11 Å². The zero-order valence-electron chi connectivity index (χ0n) is 12.9. The predicted molar refractivity (Wildman–Crippen MR) is 85.3 cm³/mol. The molecule has 0 radical (unpaired) electrons. The third-order valence-corrected chi connectivity index (χ3v) is 2.86. The minimum atomic E-state index is -0.0939. The first-order valence-corrected chi connectivity index (χ1v) is 7.16. The molecule has 0 saturated carbocycles. The number of unbranched alkanes of at least 4 members (excludes halogenated alkanes) is 3. The Morgan fingerprint density at radius 2 is 1.81 bits per heavy atom. The highest BCUT2D eigenvalue weighted by molar-refractivity contribution is 5.75. The number of nitrogens with two attached hydrogens (primary N) is 1. The molecule has 1 aromatic rings. The molecule has 0 aliphatic rings. The van der Waals surface area contributed by atoms with E-state index in [1.54, 1.807) is 24.3 Å². The number of carbonyl (C=O) groups excluding carboxylic acids is 2. The molecule has 0 atom stereocenters. The van der Waals surface area contributed by atoms with Crippen LogP contribution in [0.15, 0.2) is 24.3 Å². The van der Waals surface area contributed by atoms with Crippen LogP contribution in [0.4, 0.5) is 5.69 Å². The van der Waals surface area contributed by atoms with E-state index in [4.69, 9.17) is 5.73 Å². The van der Waals surface area contributed by atoms with E-state index in [0.717, 1.165) is 25.7 Å². The van der Waals surface area contributed by atoms with Gasteiger partial charge in [-0.2, -0.15) is 0 Å². The summed E-state index contributed by atoms with van der Waals surface area (Å²) in [4.78, 5) is 20.7. The zero-order valence-corrected chi connectivity index (χ0v) is 12.9. The van der Waals surface area contributed by atoms with Gasteiger partial charge < -0.3 is 15.8 Å². The molecule has 0 amide bonds. The average Bonchev–Trinajstić information content (AvgIpc) is 2.52. The number of anilines is 1. The number of carbonyl (C=O) groups is 2. The van der Waals surface area contributed by atoms with Crippen LogP contribution in [0.5, 0.6) is 0 Å². The number of benzene rings is 1. The molecule has 0 bridgehead atoms. The Kier molecular flexibility index (Phi) is 11.9. The second kappa shape index (κ2) is 13.1. The van der Waals surface area contributed by atoms with E-state index in [0.29, 0.717) is 17.7 Å². The van der Waals surface area contributed by atoms with Crippen LogP contribution in [0.3, 0.4) is 0 Å². The van der Waals surface area contributed by atoms with Gasteiger partial charge in [-0.15, -0.1) is 0 Å². The fourth-order valence-corrected chi connectivity index (χ4v) is 1.60. The van der Waals surface area contributed by atoms with Crippen molar-refractivity contribution < 1.29 is 14.3 Å². The number of hydrogen-bond donors (Lipinski definition) is 2. The molecule has 118 valence electrons.